The lowest BCUT2D eigenvalue weighted by Gasteiger charge is -2.16. The van der Waals surface area contributed by atoms with Crippen molar-refractivity contribution in [2.45, 2.75) is 31.6 Å². The molecule has 15 heavy (non-hydrogen) atoms. The van der Waals surface area contributed by atoms with E-state index in [1.165, 1.54) is 5.56 Å². The predicted molar refractivity (Wildman–Crippen MR) is 59.3 cm³/mol. The number of hydrogen-bond acceptors (Lipinski definition) is 2. The molecule has 0 aliphatic heterocycles. The molecule has 0 aromatic heterocycles. The fourth-order valence-electron chi connectivity index (χ4n) is 2.08. The Morgan fingerprint density at radius 1 is 1.47 bits per heavy atom. The van der Waals surface area contributed by atoms with Crippen molar-refractivity contribution in [1.29, 1.82) is 0 Å². The number of benzene rings is 1. The molecule has 0 atom stereocenters. The molecule has 1 saturated carbocycles. The van der Waals surface area contributed by atoms with Crippen molar-refractivity contribution in [3.05, 3.63) is 29.3 Å². The third-order valence-corrected chi connectivity index (χ3v) is 3.23. The van der Waals surface area contributed by atoms with Gasteiger partial charge in [0.2, 0.25) is 0 Å². The normalized spacial score (nSPS) is 17.2. The number of carbonyl (C=O) groups excluding carboxylic acids is 1. The molecule has 0 bridgehead atoms. The van der Waals surface area contributed by atoms with E-state index in [-0.39, 0.29) is 5.41 Å². The molecule has 0 spiro atoms. The van der Waals surface area contributed by atoms with E-state index in [0.717, 1.165) is 36.9 Å². The zero-order chi connectivity index (χ0) is 10.9. The van der Waals surface area contributed by atoms with E-state index in [1.807, 2.05) is 12.1 Å². The van der Waals surface area contributed by atoms with Crippen molar-refractivity contribution in [2.75, 3.05) is 7.11 Å². The van der Waals surface area contributed by atoms with Gasteiger partial charge in [-0.3, -0.25) is 0 Å². The zero-order valence-corrected chi connectivity index (χ0v) is 9.25. The SMILES string of the molecule is CCc1cccc(C2(C=O)CC2)c1OC. The number of methoxy groups -OCH3 is 1. The van der Waals surface area contributed by atoms with Crippen LogP contribution in [0.5, 0.6) is 5.75 Å². The van der Waals surface area contributed by atoms with Crippen LogP contribution in [0.3, 0.4) is 0 Å². The van der Waals surface area contributed by atoms with Crippen molar-refractivity contribution < 1.29 is 9.53 Å². The first-order valence-electron chi connectivity index (χ1n) is 5.40. The van der Waals surface area contributed by atoms with Gasteiger partial charge in [-0.05, 0) is 24.8 Å². The minimum absolute atomic E-state index is 0.240. The van der Waals surface area contributed by atoms with Gasteiger partial charge in [0.15, 0.2) is 0 Å². The summed E-state index contributed by atoms with van der Waals surface area (Å²) < 4.78 is 5.44. The second-order valence-corrected chi connectivity index (χ2v) is 4.13. The van der Waals surface area contributed by atoms with Gasteiger partial charge >= 0.3 is 0 Å². The molecule has 0 N–H and O–H groups in total. The van der Waals surface area contributed by atoms with Gasteiger partial charge in [0.1, 0.15) is 12.0 Å². The van der Waals surface area contributed by atoms with Crippen molar-refractivity contribution in [3.8, 4) is 5.75 Å². The summed E-state index contributed by atoms with van der Waals surface area (Å²) in [5, 5.41) is 0. The van der Waals surface area contributed by atoms with E-state index in [4.69, 9.17) is 4.74 Å². The highest BCUT2D eigenvalue weighted by Crippen LogP contribution is 2.50. The maximum atomic E-state index is 11.1. The minimum Gasteiger partial charge on any atom is -0.496 e. The van der Waals surface area contributed by atoms with E-state index < -0.39 is 0 Å². The second kappa shape index (κ2) is 3.69. The average Bonchev–Trinajstić information content (AvgIpc) is 3.08. The Morgan fingerprint density at radius 2 is 2.20 bits per heavy atom. The van der Waals surface area contributed by atoms with Crippen LogP contribution in [-0.2, 0) is 16.6 Å². The molecule has 0 unspecified atom stereocenters. The fourth-order valence-corrected chi connectivity index (χ4v) is 2.08. The van der Waals surface area contributed by atoms with E-state index >= 15 is 0 Å². The van der Waals surface area contributed by atoms with Crippen LogP contribution >= 0.6 is 0 Å². The van der Waals surface area contributed by atoms with Gasteiger partial charge in [-0.15, -0.1) is 0 Å². The molecular weight excluding hydrogens is 188 g/mol. The van der Waals surface area contributed by atoms with E-state index in [0.29, 0.717) is 0 Å². The van der Waals surface area contributed by atoms with Gasteiger partial charge in [-0.25, -0.2) is 0 Å². The third kappa shape index (κ3) is 1.54. The van der Waals surface area contributed by atoms with Gasteiger partial charge in [0, 0.05) is 5.56 Å². The molecule has 80 valence electrons. The molecule has 1 fully saturated rings. The van der Waals surface area contributed by atoms with Gasteiger partial charge in [-0.1, -0.05) is 25.1 Å². The highest BCUT2D eigenvalue weighted by Gasteiger charge is 2.46. The molecular formula is C13H16O2. The Kier molecular flexibility index (Phi) is 2.51. The quantitative estimate of drug-likeness (QED) is 0.704. The largest absolute Gasteiger partial charge is 0.496 e. The molecule has 2 nitrogen and oxygen atoms in total. The van der Waals surface area contributed by atoms with Gasteiger partial charge < -0.3 is 9.53 Å². The third-order valence-electron chi connectivity index (χ3n) is 3.23. The number of aldehydes is 1. The summed E-state index contributed by atoms with van der Waals surface area (Å²) in [5.74, 6) is 0.907. The Bertz CT molecular complexity index is 378. The molecule has 2 rings (SSSR count). The van der Waals surface area contributed by atoms with Gasteiger partial charge in [0.05, 0.1) is 12.5 Å². The topological polar surface area (TPSA) is 26.3 Å². The maximum absolute atomic E-state index is 11.1. The van der Waals surface area contributed by atoms with Crippen LogP contribution in [0.15, 0.2) is 18.2 Å². The average molecular weight is 204 g/mol. The van der Waals surface area contributed by atoms with Crippen molar-refractivity contribution in [3.63, 3.8) is 0 Å². The monoisotopic (exact) mass is 204 g/mol. The summed E-state index contributed by atoms with van der Waals surface area (Å²) in [4.78, 5) is 11.1. The van der Waals surface area contributed by atoms with Crippen LogP contribution in [0.4, 0.5) is 0 Å². The van der Waals surface area contributed by atoms with Crippen LogP contribution in [0.2, 0.25) is 0 Å². The molecule has 0 heterocycles. The van der Waals surface area contributed by atoms with Crippen LogP contribution in [0.25, 0.3) is 0 Å². The smallest absolute Gasteiger partial charge is 0.130 e. The number of rotatable bonds is 4. The number of ether oxygens (including phenoxy) is 1. The first kappa shape index (κ1) is 10.2. The summed E-state index contributed by atoms with van der Waals surface area (Å²) in [6.45, 7) is 2.10. The second-order valence-electron chi connectivity index (χ2n) is 4.13. The van der Waals surface area contributed by atoms with Crippen LogP contribution in [0, 0.1) is 0 Å². The highest BCUT2D eigenvalue weighted by molar-refractivity contribution is 5.75. The van der Waals surface area contributed by atoms with Crippen molar-refractivity contribution in [2.24, 2.45) is 0 Å². The molecule has 0 amide bonds. The highest BCUT2D eigenvalue weighted by atomic mass is 16.5. The van der Waals surface area contributed by atoms with Crippen molar-refractivity contribution in [1.82, 2.24) is 0 Å². The molecule has 2 heteroatoms. The first-order chi connectivity index (χ1) is 7.27. The Balaban J connectivity index is 2.51. The molecule has 1 aromatic carbocycles. The number of carbonyl (C=O) groups is 1. The molecule has 1 aliphatic rings. The lowest BCUT2D eigenvalue weighted by Crippen LogP contribution is -2.10. The van der Waals surface area contributed by atoms with Gasteiger partial charge in [-0.2, -0.15) is 0 Å². The summed E-state index contributed by atoms with van der Waals surface area (Å²) in [7, 11) is 1.68. The van der Waals surface area contributed by atoms with E-state index in [2.05, 4.69) is 13.0 Å². The first-order valence-corrected chi connectivity index (χ1v) is 5.40. The number of hydrogen-bond donors (Lipinski definition) is 0. The van der Waals surface area contributed by atoms with Crippen LogP contribution in [-0.4, -0.2) is 13.4 Å². The standard InChI is InChI=1S/C13H16O2/c1-3-10-5-4-6-11(12(10)15-2)13(9-14)7-8-13/h4-6,9H,3,7-8H2,1-2H3. The maximum Gasteiger partial charge on any atom is 0.130 e. The predicted octanol–water partition coefficient (Wildman–Crippen LogP) is 2.49. The molecule has 1 aromatic rings. The molecule has 0 saturated heterocycles. The van der Waals surface area contributed by atoms with E-state index in [1.54, 1.807) is 7.11 Å². The van der Waals surface area contributed by atoms with Crippen LogP contribution < -0.4 is 4.74 Å². The Labute approximate surface area is 90.3 Å². The molecule has 0 radical (unpaired) electrons. The summed E-state index contributed by atoms with van der Waals surface area (Å²) >= 11 is 0. The van der Waals surface area contributed by atoms with Crippen LogP contribution in [0.1, 0.15) is 30.9 Å². The number of aryl methyl sites for hydroxylation is 1. The summed E-state index contributed by atoms with van der Waals surface area (Å²) in [5.41, 5.74) is 2.01. The van der Waals surface area contributed by atoms with E-state index in [9.17, 15) is 4.79 Å². The Hall–Kier alpha value is -1.31. The van der Waals surface area contributed by atoms with Gasteiger partial charge in [0.25, 0.3) is 0 Å². The molecule has 1 aliphatic carbocycles. The fraction of sp³-hybridized carbons (Fsp3) is 0.462. The van der Waals surface area contributed by atoms with Crippen molar-refractivity contribution >= 4 is 6.29 Å². The Morgan fingerprint density at radius 3 is 2.67 bits per heavy atom. The minimum atomic E-state index is -0.240. The summed E-state index contributed by atoms with van der Waals surface area (Å²) in [6.07, 6.45) is 3.93. The zero-order valence-electron chi connectivity index (χ0n) is 9.25. The summed E-state index contributed by atoms with van der Waals surface area (Å²) in [6, 6.07) is 6.09. The lowest BCUT2D eigenvalue weighted by molar-refractivity contribution is -0.109. The number of para-hydroxylation sites is 1. The lowest BCUT2D eigenvalue weighted by atomic mass is 9.94.